The third-order valence-electron chi connectivity index (χ3n) is 3.33. The lowest BCUT2D eigenvalue weighted by Gasteiger charge is -2.21. The topological polar surface area (TPSA) is 73.1 Å². The largest absolute Gasteiger partial charge is 0.476 e. The third kappa shape index (κ3) is 5.70. The average molecular weight is 308 g/mol. The number of aromatic nitrogens is 2. The van der Waals surface area contributed by atoms with E-state index in [1.54, 1.807) is 0 Å². The van der Waals surface area contributed by atoms with Gasteiger partial charge in [0.05, 0.1) is 6.61 Å². The van der Waals surface area contributed by atoms with Gasteiger partial charge in [-0.05, 0) is 18.8 Å². The Morgan fingerprint density at radius 1 is 1.23 bits per heavy atom. The van der Waals surface area contributed by atoms with E-state index in [1.165, 1.54) is 0 Å². The van der Waals surface area contributed by atoms with Crippen molar-refractivity contribution in [2.45, 2.75) is 66.2 Å². The zero-order chi connectivity index (χ0) is 16.8. The van der Waals surface area contributed by atoms with Gasteiger partial charge in [0, 0.05) is 12.0 Å². The van der Waals surface area contributed by atoms with E-state index in [4.69, 9.17) is 10.5 Å². The van der Waals surface area contributed by atoms with Gasteiger partial charge in [0.25, 0.3) is 0 Å². The molecular weight excluding hydrogens is 276 g/mol. The minimum atomic E-state index is -0.148. The molecule has 0 amide bonds. The van der Waals surface area contributed by atoms with Crippen LogP contribution >= 0.6 is 0 Å². The fourth-order valence-corrected chi connectivity index (χ4v) is 1.82. The van der Waals surface area contributed by atoms with Crippen molar-refractivity contribution in [3.8, 4) is 5.88 Å². The Bertz CT molecular complexity index is 466. The predicted octanol–water partition coefficient (Wildman–Crippen LogP) is 3.99. The van der Waals surface area contributed by atoms with Gasteiger partial charge in [-0.15, -0.1) is 0 Å². The molecule has 1 aromatic rings. The van der Waals surface area contributed by atoms with E-state index in [-0.39, 0.29) is 5.41 Å². The van der Waals surface area contributed by atoms with Gasteiger partial charge in [0.1, 0.15) is 11.5 Å². The molecule has 0 aromatic carbocycles. The van der Waals surface area contributed by atoms with Crippen molar-refractivity contribution in [3.63, 3.8) is 0 Å². The summed E-state index contributed by atoms with van der Waals surface area (Å²) < 4.78 is 5.76. The van der Waals surface area contributed by atoms with Gasteiger partial charge in [-0.25, -0.2) is 4.98 Å². The first-order valence-corrected chi connectivity index (χ1v) is 8.30. The highest BCUT2D eigenvalue weighted by atomic mass is 16.5. The van der Waals surface area contributed by atoms with Crippen molar-refractivity contribution in [1.29, 1.82) is 0 Å². The third-order valence-corrected chi connectivity index (χ3v) is 3.33. The van der Waals surface area contributed by atoms with Gasteiger partial charge in [-0.3, -0.25) is 0 Å². The molecule has 0 fully saturated rings. The first-order valence-electron chi connectivity index (χ1n) is 8.30. The summed E-state index contributed by atoms with van der Waals surface area (Å²) in [6.07, 6.45) is 3.14. The number of hydrogen-bond acceptors (Lipinski definition) is 5. The van der Waals surface area contributed by atoms with Crippen LogP contribution in [0.4, 0.5) is 11.5 Å². The molecule has 0 radical (unpaired) electrons. The van der Waals surface area contributed by atoms with Crippen molar-refractivity contribution in [3.05, 3.63) is 5.82 Å². The van der Waals surface area contributed by atoms with Crippen LogP contribution in [0.1, 0.15) is 66.6 Å². The number of unbranched alkanes of at least 4 members (excludes halogenated alkanes) is 1. The maximum Gasteiger partial charge on any atom is 0.242 e. The second-order valence-electron chi connectivity index (χ2n) is 7.18. The standard InChI is InChI=1S/C17H32N4O/c1-7-8-11-22-15-13(18)14(19-10-9-12(2)3)20-16(21-15)17(4,5)6/h12H,7-11,18H2,1-6H3,(H,19,20,21). The quantitative estimate of drug-likeness (QED) is 0.710. The normalized spacial score (nSPS) is 11.8. The van der Waals surface area contributed by atoms with Gasteiger partial charge in [0.2, 0.25) is 5.88 Å². The van der Waals surface area contributed by atoms with Gasteiger partial charge in [-0.2, -0.15) is 4.98 Å². The van der Waals surface area contributed by atoms with Crippen LogP contribution in [0.5, 0.6) is 5.88 Å². The molecule has 3 N–H and O–H groups in total. The Morgan fingerprint density at radius 3 is 2.45 bits per heavy atom. The smallest absolute Gasteiger partial charge is 0.242 e. The first-order chi connectivity index (χ1) is 10.3. The minimum Gasteiger partial charge on any atom is -0.476 e. The second-order valence-corrected chi connectivity index (χ2v) is 7.18. The molecule has 5 heteroatoms. The van der Waals surface area contributed by atoms with E-state index in [9.17, 15) is 0 Å². The molecule has 0 spiro atoms. The summed E-state index contributed by atoms with van der Waals surface area (Å²) in [5, 5.41) is 3.33. The van der Waals surface area contributed by atoms with Gasteiger partial charge in [-0.1, -0.05) is 48.0 Å². The molecule has 1 aromatic heterocycles. The Hall–Kier alpha value is -1.52. The summed E-state index contributed by atoms with van der Waals surface area (Å²) in [5.74, 6) is 2.57. The highest BCUT2D eigenvalue weighted by molar-refractivity contribution is 5.67. The van der Waals surface area contributed by atoms with Crippen LogP contribution in [0.25, 0.3) is 0 Å². The highest BCUT2D eigenvalue weighted by Crippen LogP contribution is 2.30. The van der Waals surface area contributed by atoms with Crippen molar-refractivity contribution in [2.75, 3.05) is 24.2 Å². The molecule has 0 aliphatic carbocycles. The summed E-state index contributed by atoms with van der Waals surface area (Å²) in [5.41, 5.74) is 6.54. The molecule has 0 aliphatic rings. The van der Waals surface area contributed by atoms with Gasteiger partial charge >= 0.3 is 0 Å². The Labute approximate surface area is 135 Å². The number of ether oxygens (including phenoxy) is 1. The number of nitrogens with two attached hydrogens (primary N) is 1. The van der Waals surface area contributed by atoms with E-state index >= 15 is 0 Å². The summed E-state index contributed by atoms with van der Waals surface area (Å²) in [6, 6.07) is 0. The Morgan fingerprint density at radius 2 is 1.91 bits per heavy atom. The lowest BCUT2D eigenvalue weighted by Crippen LogP contribution is -2.20. The molecule has 1 rings (SSSR count). The molecule has 0 saturated heterocycles. The van der Waals surface area contributed by atoms with Crippen LogP contribution in [-0.4, -0.2) is 23.1 Å². The molecule has 1 heterocycles. The van der Waals surface area contributed by atoms with Crippen LogP contribution < -0.4 is 15.8 Å². The molecule has 0 aliphatic heterocycles. The van der Waals surface area contributed by atoms with Crippen LogP contribution in [0, 0.1) is 5.92 Å². The minimum absolute atomic E-state index is 0.148. The first kappa shape index (κ1) is 18.5. The number of rotatable bonds is 8. The summed E-state index contributed by atoms with van der Waals surface area (Å²) >= 11 is 0. The number of nitrogens with zero attached hydrogens (tertiary/aromatic N) is 2. The van der Waals surface area contributed by atoms with Crippen LogP contribution in [0.3, 0.4) is 0 Å². The zero-order valence-corrected chi connectivity index (χ0v) is 15.0. The maximum atomic E-state index is 6.18. The van der Waals surface area contributed by atoms with Crippen LogP contribution in [-0.2, 0) is 5.41 Å². The molecule has 0 saturated carbocycles. The van der Waals surface area contributed by atoms with Crippen LogP contribution in [0.2, 0.25) is 0 Å². The van der Waals surface area contributed by atoms with Crippen molar-refractivity contribution < 1.29 is 4.74 Å². The van der Waals surface area contributed by atoms with Gasteiger partial charge < -0.3 is 15.8 Å². The van der Waals surface area contributed by atoms with Crippen LogP contribution in [0.15, 0.2) is 0 Å². The van der Waals surface area contributed by atoms with Crippen molar-refractivity contribution in [2.24, 2.45) is 5.92 Å². The van der Waals surface area contributed by atoms with E-state index < -0.39 is 0 Å². The Balaban J connectivity index is 2.99. The lowest BCUT2D eigenvalue weighted by molar-refractivity contribution is 0.296. The maximum absolute atomic E-state index is 6.18. The number of hydrogen-bond donors (Lipinski definition) is 2. The Kier molecular flexibility index (Phi) is 6.91. The summed E-state index contributed by atoms with van der Waals surface area (Å²) in [7, 11) is 0. The van der Waals surface area contributed by atoms with Gasteiger partial charge in [0.15, 0.2) is 5.82 Å². The molecule has 126 valence electrons. The zero-order valence-electron chi connectivity index (χ0n) is 15.0. The summed E-state index contributed by atoms with van der Waals surface area (Å²) in [6.45, 7) is 14.3. The van der Waals surface area contributed by atoms with E-state index in [1.807, 2.05) is 0 Å². The average Bonchev–Trinajstić information content (AvgIpc) is 2.41. The molecular formula is C17H32N4O. The lowest BCUT2D eigenvalue weighted by atomic mass is 9.96. The number of nitrogens with one attached hydrogen (secondary N) is 1. The fourth-order valence-electron chi connectivity index (χ4n) is 1.82. The SMILES string of the molecule is CCCCOc1nc(C(C)(C)C)nc(NCCC(C)C)c1N. The van der Waals surface area contributed by atoms with E-state index in [0.29, 0.717) is 29.9 Å². The predicted molar refractivity (Wildman–Crippen MR) is 93.5 cm³/mol. The van der Waals surface area contributed by atoms with E-state index in [2.05, 4.69) is 56.8 Å². The molecule has 0 atom stereocenters. The monoisotopic (exact) mass is 308 g/mol. The second kappa shape index (κ2) is 8.20. The number of nitrogen functional groups attached to an aromatic ring is 1. The van der Waals surface area contributed by atoms with E-state index in [0.717, 1.165) is 31.6 Å². The fraction of sp³-hybridized carbons (Fsp3) is 0.765. The number of anilines is 2. The highest BCUT2D eigenvalue weighted by Gasteiger charge is 2.22. The molecule has 22 heavy (non-hydrogen) atoms. The van der Waals surface area contributed by atoms with Crippen molar-refractivity contribution in [1.82, 2.24) is 9.97 Å². The van der Waals surface area contributed by atoms with Crippen molar-refractivity contribution >= 4 is 11.5 Å². The molecule has 0 bridgehead atoms. The summed E-state index contributed by atoms with van der Waals surface area (Å²) in [4.78, 5) is 9.12. The molecule has 5 nitrogen and oxygen atoms in total. The molecule has 0 unspecified atom stereocenters.